The minimum atomic E-state index is -0.963. The van der Waals surface area contributed by atoms with Crippen LogP contribution in [0.3, 0.4) is 0 Å². The number of benzene rings is 1. The molecule has 4 heteroatoms. The molecule has 2 atom stereocenters. The zero-order valence-corrected chi connectivity index (χ0v) is 9.58. The molecule has 0 saturated carbocycles. The summed E-state index contributed by atoms with van der Waals surface area (Å²) in [7, 11) is 1.48. The van der Waals surface area contributed by atoms with Gasteiger partial charge in [-0.05, 0) is 23.6 Å². The van der Waals surface area contributed by atoms with Crippen LogP contribution in [0.5, 0.6) is 0 Å². The molecule has 0 aliphatic rings. The number of rotatable bonds is 4. The molecule has 0 amide bonds. The van der Waals surface area contributed by atoms with Crippen LogP contribution < -0.4 is 0 Å². The molecule has 0 aliphatic heterocycles. The minimum Gasteiger partial charge on any atom is -0.386 e. The summed E-state index contributed by atoms with van der Waals surface area (Å²) < 4.78 is 30.8. The van der Waals surface area contributed by atoms with Crippen molar-refractivity contribution < 1.29 is 18.6 Å². The molecule has 1 rings (SSSR count). The number of hydrogen-bond donors (Lipinski definition) is 1. The number of hydrogen-bond acceptors (Lipinski definition) is 2. The zero-order chi connectivity index (χ0) is 12.3. The van der Waals surface area contributed by atoms with Gasteiger partial charge in [-0.3, -0.25) is 0 Å². The van der Waals surface area contributed by atoms with Crippen LogP contribution in [-0.2, 0) is 4.74 Å². The van der Waals surface area contributed by atoms with Crippen molar-refractivity contribution >= 4 is 0 Å². The van der Waals surface area contributed by atoms with Gasteiger partial charge in [-0.25, -0.2) is 8.78 Å². The summed E-state index contributed by atoms with van der Waals surface area (Å²) in [5.74, 6) is -1.81. The predicted octanol–water partition coefficient (Wildman–Crippen LogP) is 2.67. The molecule has 0 radical (unpaired) electrons. The van der Waals surface area contributed by atoms with E-state index in [9.17, 15) is 13.9 Å². The van der Waals surface area contributed by atoms with Crippen molar-refractivity contribution in [1.82, 2.24) is 0 Å². The van der Waals surface area contributed by atoms with Crippen molar-refractivity contribution in [2.75, 3.05) is 7.11 Å². The smallest absolute Gasteiger partial charge is 0.159 e. The molecule has 0 bridgehead atoms. The van der Waals surface area contributed by atoms with Crippen LogP contribution in [0, 0.1) is 17.6 Å². The maximum absolute atomic E-state index is 13.0. The number of aliphatic hydroxyl groups is 1. The van der Waals surface area contributed by atoms with Crippen LogP contribution >= 0.6 is 0 Å². The van der Waals surface area contributed by atoms with Gasteiger partial charge in [-0.15, -0.1) is 0 Å². The number of methoxy groups -OCH3 is 1. The van der Waals surface area contributed by atoms with E-state index in [0.29, 0.717) is 5.56 Å². The summed E-state index contributed by atoms with van der Waals surface area (Å²) in [5.41, 5.74) is 0.319. The lowest BCUT2D eigenvalue weighted by molar-refractivity contribution is -0.0392. The number of halogens is 2. The summed E-state index contributed by atoms with van der Waals surface area (Å²) in [6.07, 6.45) is -1.40. The largest absolute Gasteiger partial charge is 0.386 e. The monoisotopic (exact) mass is 230 g/mol. The minimum absolute atomic E-state index is 0.0770. The van der Waals surface area contributed by atoms with Gasteiger partial charge in [0.1, 0.15) is 6.10 Å². The highest BCUT2D eigenvalue weighted by Crippen LogP contribution is 2.25. The van der Waals surface area contributed by atoms with E-state index in [1.807, 2.05) is 13.8 Å². The van der Waals surface area contributed by atoms with Crippen molar-refractivity contribution in [2.24, 2.45) is 5.92 Å². The highest BCUT2D eigenvalue weighted by atomic mass is 19.2. The first kappa shape index (κ1) is 13.1. The normalized spacial score (nSPS) is 15.2. The Morgan fingerprint density at radius 3 is 2.25 bits per heavy atom. The van der Waals surface area contributed by atoms with Crippen molar-refractivity contribution in [1.29, 1.82) is 0 Å². The Bertz CT molecular complexity index is 353. The molecule has 0 aliphatic carbocycles. The Hall–Kier alpha value is -1.00. The second-order valence-corrected chi connectivity index (χ2v) is 4.06. The van der Waals surface area contributed by atoms with Crippen molar-refractivity contribution in [3.05, 3.63) is 35.4 Å². The van der Waals surface area contributed by atoms with Gasteiger partial charge in [0.05, 0.1) is 6.10 Å². The third kappa shape index (κ3) is 2.77. The van der Waals surface area contributed by atoms with E-state index in [0.717, 1.165) is 12.1 Å². The molecule has 1 N–H and O–H groups in total. The van der Waals surface area contributed by atoms with Crippen molar-refractivity contribution in [3.63, 3.8) is 0 Å². The van der Waals surface area contributed by atoms with Gasteiger partial charge in [-0.2, -0.15) is 0 Å². The summed E-state index contributed by atoms with van der Waals surface area (Å²) in [6, 6.07) is 3.35. The molecule has 1 aromatic rings. The van der Waals surface area contributed by atoms with Crippen molar-refractivity contribution in [2.45, 2.75) is 26.1 Å². The summed E-state index contributed by atoms with van der Waals surface area (Å²) >= 11 is 0. The predicted molar refractivity (Wildman–Crippen MR) is 57.0 cm³/mol. The number of ether oxygens (including phenoxy) is 1. The van der Waals surface area contributed by atoms with Crippen molar-refractivity contribution in [3.8, 4) is 0 Å². The molecule has 2 unspecified atom stereocenters. The van der Waals surface area contributed by atoms with E-state index >= 15 is 0 Å². The van der Waals surface area contributed by atoms with Crippen LogP contribution in [0.15, 0.2) is 18.2 Å². The van der Waals surface area contributed by atoms with E-state index in [2.05, 4.69) is 0 Å². The third-order valence-electron chi connectivity index (χ3n) is 2.53. The summed E-state index contributed by atoms with van der Waals surface area (Å²) in [6.45, 7) is 3.77. The first-order valence-corrected chi connectivity index (χ1v) is 5.13. The van der Waals surface area contributed by atoms with Gasteiger partial charge >= 0.3 is 0 Å². The molecule has 16 heavy (non-hydrogen) atoms. The average molecular weight is 230 g/mol. The maximum Gasteiger partial charge on any atom is 0.159 e. The van der Waals surface area contributed by atoms with E-state index in [1.165, 1.54) is 13.2 Å². The molecule has 90 valence electrons. The van der Waals surface area contributed by atoms with E-state index in [4.69, 9.17) is 4.74 Å². The Kier molecular flexibility index (Phi) is 4.38. The molecule has 0 heterocycles. The molecule has 2 nitrogen and oxygen atoms in total. The highest BCUT2D eigenvalue weighted by molar-refractivity contribution is 5.21. The third-order valence-corrected chi connectivity index (χ3v) is 2.53. The Morgan fingerprint density at radius 1 is 1.19 bits per heavy atom. The maximum atomic E-state index is 13.0. The molecule has 0 spiro atoms. The number of aliphatic hydroxyl groups excluding tert-OH is 1. The van der Waals surface area contributed by atoms with Gasteiger partial charge in [0.15, 0.2) is 11.6 Å². The van der Waals surface area contributed by atoms with E-state index in [-0.39, 0.29) is 5.92 Å². The topological polar surface area (TPSA) is 29.5 Å². The summed E-state index contributed by atoms with van der Waals surface area (Å²) in [5, 5.41) is 9.95. The van der Waals surface area contributed by atoms with Crippen LogP contribution in [0.25, 0.3) is 0 Å². The lowest BCUT2D eigenvalue weighted by Gasteiger charge is -2.25. The highest BCUT2D eigenvalue weighted by Gasteiger charge is 2.24. The van der Waals surface area contributed by atoms with Gasteiger partial charge in [-0.1, -0.05) is 19.9 Å². The lowest BCUT2D eigenvalue weighted by Crippen LogP contribution is -2.26. The SMILES string of the molecule is COC(C(C)C)C(O)c1ccc(F)c(F)c1. The molecular formula is C12H16F2O2. The fourth-order valence-corrected chi connectivity index (χ4v) is 1.65. The van der Waals surface area contributed by atoms with Crippen LogP contribution in [0.4, 0.5) is 8.78 Å². The Morgan fingerprint density at radius 2 is 1.81 bits per heavy atom. The van der Waals surface area contributed by atoms with Gasteiger partial charge in [0, 0.05) is 7.11 Å². The quantitative estimate of drug-likeness (QED) is 0.861. The second kappa shape index (κ2) is 5.37. The first-order chi connectivity index (χ1) is 7.47. The second-order valence-electron chi connectivity index (χ2n) is 4.06. The average Bonchev–Trinajstić information content (AvgIpc) is 2.22. The zero-order valence-electron chi connectivity index (χ0n) is 9.58. The fraction of sp³-hybridized carbons (Fsp3) is 0.500. The lowest BCUT2D eigenvalue weighted by atomic mass is 9.96. The Labute approximate surface area is 93.9 Å². The van der Waals surface area contributed by atoms with Gasteiger partial charge in [0.25, 0.3) is 0 Å². The molecule has 1 aromatic carbocycles. The van der Waals surface area contributed by atoms with E-state index < -0.39 is 23.8 Å². The molecule has 0 fully saturated rings. The standard InChI is InChI=1S/C12H16F2O2/c1-7(2)12(16-3)11(15)8-4-5-9(13)10(14)6-8/h4-7,11-12,15H,1-3H3. The van der Waals surface area contributed by atoms with Gasteiger partial charge in [0.2, 0.25) is 0 Å². The van der Waals surface area contributed by atoms with Crippen LogP contribution in [-0.4, -0.2) is 18.3 Å². The van der Waals surface area contributed by atoms with Crippen LogP contribution in [0.2, 0.25) is 0 Å². The summed E-state index contributed by atoms with van der Waals surface area (Å²) in [4.78, 5) is 0. The molecule has 0 saturated heterocycles. The Balaban J connectivity index is 2.94. The molecule has 0 aromatic heterocycles. The molecular weight excluding hydrogens is 214 g/mol. The van der Waals surface area contributed by atoms with Crippen LogP contribution in [0.1, 0.15) is 25.5 Å². The van der Waals surface area contributed by atoms with Gasteiger partial charge < -0.3 is 9.84 Å². The fourth-order valence-electron chi connectivity index (χ4n) is 1.65. The van der Waals surface area contributed by atoms with E-state index in [1.54, 1.807) is 0 Å². The first-order valence-electron chi connectivity index (χ1n) is 5.13.